The van der Waals surface area contributed by atoms with E-state index in [1.165, 1.54) is 11.3 Å². The lowest BCUT2D eigenvalue weighted by Crippen LogP contribution is -2.13. The van der Waals surface area contributed by atoms with Crippen LogP contribution in [0.5, 0.6) is 5.75 Å². The number of carbonyl (C=O) groups is 1. The van der Waals surface area contributed by atoms with Gasteiger partial charge in [-0.1, -0.05) is 0 Å². The van der Waals surface area contributed by atoms with Crippen LogP contribution >= 0.6 is 11.3 Å². The summed E-state index contributed by atoms with van der Waals surface area (Å²) in [6, 6.07) is 4.92. The second-order valence-electron chi connectivity index (χ2n) is 3.24. The Kier molecular flexibility index (Phi) is 3.24. The van der Waals surface area contributed by atoms with Gasteiger partial charge in [0.1, 0.15) is 5.75 Å². The quantitative estimate of drug-likeness (QED) is 0.815. The van der Waals surface area contributed by atoms with Crippen LogP contribution in [-0.4, -0.2) is 18.0 Å². The molecule has 0 unspecified atom stereocenters. The molecule has 0 saturated heterocycles. The Labute approximate surface area is 102 Å². The van der Waals surface area contributed by atoms with Crippen molar-refractivity contribution in [3.05, 3.63) is 35.3 Å². The Morgan fingerprint density at radius 2 is 2.35 bits per heavy atom. The van der Waals surface area contributed by atoms with Crippen LogP contribution in [0.1, 0.15) is 10.4 Å². The number of methoxy groups -OCH3 is 1. The molecule has 1 amide bonds. The summed E-state index contributed by atoms with van der Waals surface area (Å²) in [5.41, 5.74) is 6.55. The van der Waals surface area contributed by atoms with Gasteiger partial charge < -0.3 is 10.5 Å². The van der Waals surface area contributed by atoms with Crippen molar-refractivity contribution in [2.45, 2.75) is 0 Å². The average molecular weight is 249 g/mol. The lowest BCUT2D eigenvalue weighted by molar-refractivity contribution is 0.102. The first-order valence-electron chi connectivity index (χ1n) is 4.85. The summed E-state index contributed by atoms with van der Waals surface area (Å²) in [5.74, 6) is 0.341. The van der Waals surface area contributed by atoms with Crippen molar-refractivity contribution in [3.8, 4) is 5.75 Å². The van der Waals surface area contributed by atoms with Crippen LogP contribution in [0.25, 0.3) is 0 Å². The molecule has 0 aliphatic rings. The van der Waals surface area contributed by atoms with Gasteiger partial charge in [-0.3, -0.25) is 10.1 Å². The van der Waals surface area contributed by atoms with E-state index >= 15 is 0 Å². The molecule has 2 rings (SSSR count). The van der Waals surface area contributed by atoms with Gasteiger partial charge in [0.2, 0.25) is 0 Å². The number of nitrogens with two attached hydrogens (primary N) is 1. The van der Waals surface area contributed by atoms with Gasteiger partial charge in [-0.2, -0.15) is 0 Å². The highest BCUT2D eigenvalue weighted by Crippen LogP contribution is 2.21. The standard InChI is InChI=1S/C11H11N3O2S/c1-16-7-2-3-8(9(12)6-7)10(15)14-11-13-4-5-17-11/h2-6H,12H2,1H3,(H,13,14,15). The first kappa shape index (κ1) is 11.4. The molecule has 0 fully saturated rings. The predicted octanol–water partition coefficient (Wildman–Crippen LogP) is 1.99. The summed E-state index contributed by atoms with van der Waals surface area (Å²) in [5, 5.41) is 5.00. The van der Waals surface area contributed by atoms with Crippen molar-refractivity contribution in [2.24, 2.45) is 0 Å². The molecular formula is C11H11N3O2S. The molecule has 0 atom stereocenters. The first-order valence-corrected chi connectivity index (χ1v) is 5.73. The minimum atomic E-state index is -0.278. The number of rotatable bonds is 3. The molecule has 3 N–H and O–H groups in total. The van der Waals surface area contributed by atoms with Crippen molar-refractivity contribution in [2.75, 3.05) is 18.2 Å². The summed E-state index contributed by atoms with van der Waals surface area (Å²) in [6.07, 6.45) is 1.62. The molecule has 0 aliphatic heterocycles. The van der Waals surface area contributed by atoms with E-state index < -0.39 is 0 Å². The largest absolute Gasteiger partial charge is 0.497 e. The van der Waals surface area contributed by atoms with Crippen molar-refractivity contribution in [1.82, 2.24) is 4.98 Å². The highest BCUT2D eigenvalue weighted by Gasteiger charge is 2.11. The Balaban J connectivity index is 2.19. The molecule has 6 heteroatoms. The molecule has 1 aromatic carbocycles. The summed E-state index contributed by atoms with van der Waals surface area (Å²) in [7, 11) is 1.55. The number of anilines is 2. The number of benzene rings is 1. The fourth-order valence-electron chi connectivity index (χ4n) is 1.32. The summed E-state index contributed by atoms with van der Waals surface area (Å²) in [4.78, 5) is 15.8. The van der Waals surface area contributed by atoms with E-state index in [0.717, 1.165) is 0 Å². The van der Waals surface area contributed by atoms with Gasteiger partial charge in [0.15, 0.2) is 5.13 Å². The van der Waals surface area contributed by atoms with Crippen LogP contribution in [0, 0.1) is 0 Å². The van der Waals surface area contributed by atoms with Crippen molar-refractivity contribution in [1.29, 1.82) is 0 Å². The van der Waals surface area contributed by atoms with Gasteiger partial charge in [-0.15, -0.1) is 11.3 Å². The Hall–Kier alpha value is -2.08. The first-order chi connectivity index (χ1) is 8.20. The molecule has 0 saturated carbocycles. The molecule has 5 nitrogen and oxygen atoms in total. The van der Waals surface area contributed by atoms with E-state index in [4.69, 9.17) is 10.5 Å². The molecule has 2 aromatic rings. The van der Waals surface area contributed by atoms with Gasteiger partial charge >= 0.3 is 0 Å². The number of aromatic nitrogens is 1. The van der Waals surface area contributed by atoms with Crippen LogP contribution in [-0.2, 0) is 0 Å². The van der Waals surface area contributed by atoms with Gasteiger partial charge in [-0.05, 0) is 12.1 Å². The van der Waals surface area contributed by atoms with E-state index in [1.54, 1.807) is 36.9 Å². The minimum Gasteiger partial charge on any atom is -0.497 e. The number of hydrogen-bond donors (Lipinski definition) is 2. The lowest BCUT2D eigenvalue weighted by atomic mass is 10.1. The average Bonchev–Trinajstić information content (AvgIpc) is 2.81. The highest BCUT2D eigenvalue weighted by atomic mass is 32.1. The summed E-state index contributed by atoms with van der Waals surface area (Å²) >= 11 is 1.35. The van der Waals surface area contributed by atoms with Gasteiger partial charge in [0, 0.05) is 23.3 Å². The number of nitrogens with zero attached hydrogens (tertiary/aromatic N) is 1. The second-order valence-corrected chi connectivity index (χ2v) is 4.14. The molecule has 1 heterocycles. The van der Waals surface area contributed by atoms with E-state index in [-0.39, 0.29) is 5.91 Å². The van der Waals surface area contributed by atoms with Crippen molar-refractivity contribution < 1.29 is 9.53 Å². The zero-order chi connectivity index (χ0) is 12.3. The number of amides is 1. The zero-order valence-electron chi connectivity index (χ0n) is 9.14. The molecule has 88 valence electrons. The maximum absolute atomic E-state index is 11.9. The number of hydrogen-bond acceptors (Lipinski definition) is 5. The second kappa shape index (κ2) is 4.84. The molecule has 17 heavy (non-hydrogen) atoms. The number of carbonyl (C=O) groups excluding carboxylic acids is 1. The summed E-state index contributed by atoms with van der Waals surface area (Å²) < 4.78 is 5.01. The highest BCUT2D eigenvalue weighted by molar-refractivity contribution is 7.13. The number of nitrogen functional groups attached to an aromatic ring is 1. The SMILES string of the molecule is COc1ccc(C(=O)Nc2nccs2)c(N)c1. The lowest BCUT2D eigenvalue weighted by Gasteiger charge is -2.07. The summed E-state index contributed by atoms with van der Waals surface area (Å²) in [6.45, 7) is 0. The van der Waals surface area contributed by atoms with E-state index in [2.05, 4.69) is 10.3 Å². The number of nitrogens with one attached hydrogen (secondary N) is 1. The Bertz CT molecular complexity index is 526. The molecule has 1 aromatic heterocycles. The van der Waals surface area contributed by atoms with Crippen LogP contribution in [0.3, 0.4) is 0 Å². The van der Waals surface area contributed by atoms with E-state index in [0.29, 0.717) is 22.1 Å². The van der Waals surface area contributed by atoms with Crippen LogP contribution in [0.4, 0.5) is 10.8 Å². The van der Waals surface area contributed by atoms with Crippen LogP contribution < -0.4 is 15.8 Å². The molecule has 0 bridgehead atoms. The molecule has 0 radical (unpaired) electrons. The molecule has 0 spiro atoms. The smallest absolute Gasteiger partial charge is 0.259 e. The van der Waals surface area contributed by atoms with Gasteiger partial charge in [-0.25, -0.2) is 4.98 Å². The fraction of sp³-hybridized carbons (Fsp3) is 0.0909. The molecule has 0 aliphatic carbocycles. The number of ether oxygens (including phenoxy) is 1. The normalized spacial score (nSPS) is 9.94. The maximum atomic E-state index is 11.9. The third kappa shape index (κ3) is 2.54. The van der Waals surface area contributed by atoms with E-state index in [1.807, 2.05) is 0 Å². The zero-order valence-corrected chi connectivity index (χ0v) is 9.95. The Morgan fingerprint density at radius 1 is 1.53 bits per heavy atom. The molecular weight excluding hydrogens is 238 g/mol. The van der Waals surface area contributed by atoms with Gasteiger partial charge in [0.05, 0.1) is 12.7 Å². The van der Waals surface area contributed by atoms with Crippen LogP contribution in [0.15, 0.2) is 29.8 Å². The third-order valence-electron chi connectivity index (χ3n) is 2.16. The number of thiazole rings is 1. The topological polar surface area (TPSA) is 77.2 Å². The van der Waals surface area contributed by atoms with Crippen LogP contribution in [0.2, 0.25) is 0 Å². The Morgan fingerprint density at radius 3 is 2.94 bits per heavy atom. The van der Waals surface area contributed by atoms with E-state index in [9.17, 15) is 4.79 Å². The predicted molar refractivity (Wildman–Crippen MR) is 67.5 cm³/mol. The minimum absolute atomic E-state index is 0.278. The fourth-order valence-corrected chi connectivity index (χ4v) is 1.85. The van der Waals surface area contributed by atoms with Crippen molar-refractivity contribution >= 4 is 28.1 Å². The van der Waals surface area contributed by atoms with Crippen molar-refractivity contribution in [3.63, 3.8) is 0 Å². The third-order valence-corrected chi connectivity index (χ3v) is 2.84. The van der Waals surface area contributed by atoms with Gasteiger partial charge in [0.25, 0.3) is 5.91 Å². The monoisotopic (exact) mass is 249 g/mol. The maximum Gasteiger partial charge on any atom is 0.259 e.